The summed E-state index contributed by atoms with van der Waals surface area (Å²) in [5.41, 5.74) is 4.18. The lowest BCUT2D eigenvalue weighted by Crippen LogP contribution is -1.90. The molecular formula is C19H16N2O. The van der Waals surface area contributed by atoms with Crippen LogP contribution in [0.3, 0.4) is 0 Å². The van der Waals surface area contributed by atoms with E-state index in [1.165, 1.54) is 5.56 Å². The molecule has 0 radical (unpaired) electrons. The van der Waals surface area contributed by atoms with Crippen LogP contribution in [0.2, 0.25) is 0 Å². The van der Waals surface area contributed by atoms with Gasteiger partial charge in [0.25, 0.3) is 0 Å². The van der Waals surface area contributed by atoms with Crippen molar-refractivity contribution in [2.45, 2.75) is 6.42 Å². The van der Waals surface area contributed by atoms with Gasteiger partial charge in [0.2, 0.25) is 0 Å². The Labute approximate surface area is 129 Å². The molecule has 108 valence electrons. The summed E-state index contributed by atoms with van der Waals surface area (Å²) < 4.78 is 0. The number of allylic oxidation sites excluding steroid dienone is 1. The van der Waals surface area contributed by atoms with Crippen molar-refractivity contribution < 1.29 is 5.11 Å². The van der Waals surface area contributed by atoms with Crippen molar-refractivity contribution in [3.8, 4) is 28.3 Å². The fourth-order valence-corrected chi connectivity index (χ4v) is 2.24. The Kier molecular flexibility index (Phi) is 3.97. The first-order valence-electron chi connectivity index (χ1n) is 7.08. The first kappa shape index (κ1) is 14.0. The van der Waals surface area contributed by atoms with E-state index in [0.717, 1.165) is 23.1 Å². The third-order valence-corrected chi connectivity index (χ3v) is 3.44. The molecule has 0 amide bonds. The average molecular weight is 288 g/mol. The van der Waals surface area contributed by atoms with Crippen LogP contribution in [-0.4, -0.2) is 15.1 Å². The van der Waals surface area contributed by atoms with Crippen molar-refractivity contribution >= 4 is 0 Å². The third-order valence-electron chi connectivity index (χ3n) is 3.44. The summed E-state index contributed by atoms with van der Waals surface area (Å²) in [5, 5.41) is 9.31. The zero-order valence-electron chi connectivity index (χ0n) is 12.1. The zero-order chi connectivity index (χ0) is 15.4. The number of aromatic hydroxyl groups is 1. The standard InChI is InChI=1S/C19H16N2O/c1-2-3-14-4-6-15(7-5-14)17-12-20-19(21-13-17)16-8-10-18(22)11-9-16/h2,4-13,22H,1,3H2. The SMILES string of the molecule is C=CCc1ccc(-c2cnc(-c3ccc(O)cc3)nc2)cc1. The number of aromatic nitrogens is 2. The highest BCUT2D eigenvalue weighted by Gasteiger charge is 2.03. The molecule has 1 heterocycles. The Balaban J connectivity index is 1.84. The molecule has 0 saturated carbocycles. The minimum Gasteiger partial charge on any atom is -0.508 e. The van der Waals surface area contributed by atoms with Crippen molar-refractivity contribution in [2.75, 3.05) is 0 Å². The van der Waals surface area contributed by atoms with Crippen LogP contribution in [0.1, 0.15) is 5.56 Å². The summed E-state index contributed by atoms with van der Waals surface area (Å²) in [6, 6.07) is 15.2. The van der Waals surface area contributed by atoms with E-state index in [9.17, 15) is 5.11 Å². The lowest BCUT2D eigenvalue weighted by atomic mass is 10.1. The molecule has 0 bridgehead atoms. The highest BCUT2D eigenvalue weighted by atomic mass is 16.3. The molecule has 0 aliphatic carbocycles. The quantitative estimate of drug-likeness (QED) is 0.730. The van der Waals surface area contributed by atoms with Gasteiger partial charge < -0.3 is 5.11 Å². The number of nitrogens with zero attached hydrogens (tertiary/aromatic N) is 2. The maximum absolute atomic E-state index is 9.31. The van der Waals surface area contributed by atoms with Gasteiger partial charge in [-0.15, -0.1) is 6.58 Å². The zero-order valence-corrected chi connectivity index (χ0v) is 12.1. The van der Waals surface area contributed by atoms with Crippen LogP contribution in [0.5, 0.6) is 5.75 Å². The van der Waals surface area contributed by atoms with Gasteiger partial charge in [-0.05, 0) is 41.8 Å². The highest BCUT2D eigenvalue weighted by molar-refractivity contribution is 5.64. The van der Waals surface area contributed by atoms with Crippen LogP contribution in [0.25, 0.3) is 22.5 Å². The number of hydrogen-bond acceptors (Lipinski definition) is 3. The van der Waals surface area contributed by atoms with Gasteiger partial charge >= 0.3 is 0 Å². The molecule has 22 heavy (non-hydrogen) atoms. The summed E-state index contributed by atoms with van der Waals surface area (Å²) >= 11 is 0. The maximum Gasteiger partial charge on any atom is 0.159 e. The second-order valence-electron chi connectivity index (χ2n) is 5.03. The van der Waals surface area contributed by atoms with Crippen LogP contribution in [-0.2, 0) is 6.42 Å². The van der Waals surface area contributed by atoms with E-state index in [1.807, 2.05) is 18.5 Å². The van der Waals surface area contributed by atoms with E-state index >= 15 is 0 Å². The Morgan fingerprint density at radius 2 is 1.41 bits per heavy atom. The molecule has 0 aliphatic rings. The summed E-state index contributed by atoms with van der Waals surface area (Å²) in [6.07, 6.45) is 6.40. The van der Waals surface area contributed by atoms with Gasteiger partial charge in [-0.2, -0.15) is 0 Å². The Morgan fingerprint density at radius 1 is 0.818 bits per heavy atom. The van der Waals surface area contributed by atoms with Crippen molar-refractivity contribution in [2.24, 2.45) is 0 Å². The second kappa shape index (κ2) is 6.22. The fourth-order valence-electron chi connectivity index (χ4n) is 2.24. The van der Waals surface area contributed by atoms with Gasteiger partial charge in [0.15, 0.2) is 5.82 Å². The molecule has 0 fully saturated rings. The van der Waals surface area contributed by atoms with Crippen LogP contribution in [0.4, 0.5) is 0 Å². The summed E-state index contributed by atoms with van der Waals surface area (Å²) in [6.45, 7) is 3.74. The number of phenolic OH excluding ortho intramolecular Hbond substituents is 1. The van der Waals surface area contributed by atoms with Crippen LogP contribution >= 0.6 is 0 Å². The summed E-state index contributed by atoms with van der Waals surface area (Å²) in [5.74, 6) is 0.881. The van der Waals surface area contributed by atoms with Crippen LogP contribution < -0.4 is 0 Å². The van der Waals surface area contributed by atoms with E-state index in [1.54, 1.807) is 24.3 Å². The van der Waals surface area contributed by atoms with Crippen LogP contribution in [0, 0.1) is 0 Å². The first-order valence-corrected chi connectivity index (χ1v) is 7.08. The molecule has 3 heteroatoms. The van der Waals surface area contributed by atoms with Gasteiger partial charge in [0.1, 0.15) is 5.75 Å². The first-order chi connectivity index (χ1) is 10.8. The molecule has 3 nitrogen and oxygen atoms in total. The van der Waals surface area contributed by atoms with E-state index in [0.29, 0.717) is 5.82 Å². The average Bonchev–Trinajstić information content (AvgIpc) is 2.57. The van der Waals surface area contributed by atoms with Gasteiger partial charge in [-0.25, -0.2) is 9.97 Å². The molecule has 3 rings (SSSR count). The van der Waals surface area contributed by atoms with E-state index in [2.05, 4.69) is 40.8 Å². The number of phenols is 1. The minimum atomic E-state index is 0.236. The van der Waals surface area contributed by atoms with Crippen molar-refractivity contribution in [3.05, 3.63) is 79.1 Å². The Morgan fingerprint density at radius 3 is 2.00 bits per heavy atom. The molecule has 0 aliphatic heterocycles. The van der Waals surface area contributed by atoms with E-state index < -0.39 is 0 Å². The molecule has 1 N–H and O–H groups in total. The predicted molar refractivity (Wildman–Crippen MR) is 88.5 cm³/mol. The number of benzene rings is 2. The summed E-state index contributed by atoms with van der Waals surface area (Å²) in [4.78, 5) is 8.81. The topological polar surface area (TPSA) is 46.0 Å². The maximum atomic E-state index is 9.31. The molecule has 0 unspecified atom stereocenters. The third kappa shape index (κ3) is 3.04. The molecule has 0 atom stereocenters. The minimum absolute atomic E-state index is 0.236. The van der Waals surface area contributed by atoms with Crippen molar-refractivity contribution in [3.63, 3.8) is 0 Å². The van der Waals surface area contributed by atoms with E-state index in [-0.39, 0.29) is 5.75 Å². The van der Waals surface area contributed by atoms with Gasteiger partial charge in [-0.3, -0.25) is 0 Å². The van der Waals surface area contributed by atoms with Gasteiger partial charge in [-0.1, -0.05) is 30.3 Å². The Hall–Kier alpha value is -2.94. The summed E-state index contributed by atoms with van der Waals surface area (Å²) in [7, 11) is 0. The number of hydrogen-bond donors (Lipinski definition) is 1. The van der Waals surface area contributed by atoms with Crippen molar-refractivity contribution in [1.29, 1.82) is 0 Å². The predicted octanol–water partition coefficient (Wildman–Crippen LogP) is 4.24. The van der Waals surface area contributed by atoms with E-state index in [4.69, 9.17) is 0 Å². The monoisotopic (exact) mass is 288 g/mol. The van der Waals surface area contributed by atoms with Gasteiger partial charge in [0, 0.05) is 23.5 Å². The van der Waals surface area contributed by atoms with Crippen molar-refractivity contribution in [1.82, 2.24) is 9.97 Å². The molecule has 2 aromatic carbocycles. The smallest absolute Gasteiger partial charge is 0.159 e. The molecular weight excluding hydrogens is 272 g/mol. The van der Waals surface area contributed by atoms with Crippen LogP contribution in [0.15, 0.2) is 73.6 Å². The lowest BCUT2D eigenvalue weighted by Gasteiger charge is -2.04. The Bertz CT molecular complexity index is 760. The molecule has 3 aromatic rings. The van der Waals surface area contributed by atoms with Gasteiger partial charge in [0.05, 0.1) is 0 Å². The normalized spacial score (nSPS) is 10.4. The lowest BCUT2D eigenvalue weighted by molar-refractivity contribution is 0.475. The molecule has 1 aromatic heterocycles. The molecule has 0 spiro atoms. The molecule has 0 saturated heterocycles. The largest absolute Gasteiger partial charge is 0.508 e. The second-order valence-corrected chi connectivity index (χ2v) is 5.03. The number of rotatable bonds is 4. The highest BCUT2D eigenvalue weighted by Crippen LogP contribution is 2.22. The fraction of sp³-hybridized carbons (Fsp3) is 0.0526.